The molecule has 2 unspecified atom stereocenters. The standard InChI is InChI=1S/2C8H18Si.C2H5NO/c2*1-8-6-4-5-7-9(8,2)3;1-2(3)4/h2*8H,4-7H2,1-3H3;1H3,(H2,3,4). The Bertz CT molecular complexity index is 299. The second kappa shape index (κ2) is 9.91. The molecule has 0 spiro atoms. The topological polar surface area (TPSA) is 43.1 Å². The van der Waals surface area contributed by atoms with Gasteiger partial charge in [-0.1, -0.05) is 90.6 Å². The maximum atomic E-state index is 9.22. The number of hydrogen-bond acceptors (Lipinski definition) is 1. The van der Waals surface area contributed by atoms with Crippen LogP contribution in [-0.2, 0) is 4.79 Å². The molecule has 2 atom stereocenters. The SMILES string of the molecule is CC(N)=O.CC1CCCC[Si]1(C)C.CC1CCCC[Si]1(C)C. The van der Waals surface area contributed by atoms with E-state index in [1.165, 1.54) is 45.4 Å². The van der Waals surface area contributed by atoms with E-state index in [2.05, 4.69) is 45.8 Å². The fraction of sp³-hybridized carbons (Fsp3) is 0.944. The lowest BCUT2D eigenvalue weighted by Crippen LogP contribution is -2.33. The van der Waals surface area contributed by atoms with Gasteiger partial charge in [-0.15, -0.1) is 0 Å². The first kappa shape index (κ1) is 21.9. The third-order valence-electron chi connectivity index (χ3n) is 6.08. The molecule has 0 aliphatic carbocycles. The molecule has 2 rings (SSSR count). The van der Waals surface area contributed by atoms with Crippen LogP contribution in [0.25, 0.3) is 0 Å². The molecule has 2 aliphatic rings. The van der Waals surface area contributed by atoms with Crippen LogP contribution in [0.1, 0.15) is 59.3 Å². The molecule has 0 aromatic rings. The summed E-state index contributed by atoms with van der Waals surface area (Å²) in [6.45, 7) is 16.4. The Labute approximate surface area is 141 Å². The van der Waals surface area contributed by atoms with E-state index < -0.39 is 16.1 Å². The second-order valence-corrected chi connectivity index (χ2v) is 19.8. The van der Waals surface area contributed by atoms with Crippen LogP contribution in [-0.4, -0.2) is 22.1 Å². The molecule has 132 valence electrons. The molecule has 2 nitrogen and oxygen atoms in total. The molecule has 2 heterocycles. The van der Waals surface area contributed by atoms with Gasteiger partial charge in [-0.25, -0.2) is 0 Å². The van der Waals surface area contributed by atoms with Gasteiger partial charge in [0.25, 0.3) is 0 Å². The van der Waals surface area contributed by atoms with Crippen molar-refractivity contribution in [1.82, 2.24) is 0 Å². The van der Waals surface area contributed by atoms with Gasteiger partial charge in [-0.3, -0.25) is 4.79 Å². The van der Waals surface area contributed by atoms with Crippen LogP contribution in [0.2, 0.25) is 49.4 Å². The van der Waals surface area contributed by atoms with Crippen molar-refractivity contribution >= 4 is 22.1 Å². The number of nitrogens with two attached hydrogens (primary N) is 1. The average Bonchev–Trinajstić information content (AvgIpc) is 2.37. The van der Waals surface area contributed by atoms with E-state index in [1.807, 2.05) is 0 Å². The Balaban J connectivity index is 0.000000326. The molecule has 22 heavy (non-hydrogen) atoms. The second-order valence-electron chi connectivity index (χ2n) is 8.88. The van der Waals surface area contributed by atoms with Crippen LogP contribution in [0.3, 0.4) is 0 Å². The highest BCUT2D eigenvalue weighted by atomic mass is 28.3. The van der Waals surface area contributed by atoms with E-state index in [-0.39, 0.29) is 5.91 Å². The van der Waals surface area contributed by atoms with Gasteiger partial charge in [0.2, 0.25) is 5.91 Å². The highest BCUT2D eigenvalue weighted by molar-refractivity contribution is 6.79. The lowest BCUT2D eigenvalue weighted by molar-refractivity contribution is -0.115. The summed E-state index contributed by atoms with van der Waals surface area (Å²) in [7, 11) is -1.39. The maximum Gasteiger partial charge on any atom is 0.214 e. The predicted molar refractivity (Wildman–Crippen MR) is 106 cm³/mol. The van der Waals surface area contributed by atoms with Gasteiger partial charge < -0.3 is 5.73 Å². The summed E-state index contributed by atoms with van der Waals surface area (Å²) in [5, 5.41) is 0. The van der Waals surface area contributed by atoms with Crippen LogP contribution in [0, 0.1) is 0 Å². The molecule has 1 amide bonds. The summed E-state index contributed by atoms with van der Waals surface area (Å²) in [4.78, 5) is 9.22. The van der Waals surface area contributed by atoms with Gasteiger partial charge in [0, 0.05) is 6.92 Å². The molecule has 4 heteroatoms. The molecule has 0 bridgehead atoms. The van der Waals surface area contributed by atoms with Gasteiger partial charge in [0.15, 0.2) is 0 Å². The smallest absolute Gasteiger partial charge is 0.214 e. The largest absolute Gasteiger partial charge is 0.370 e. The van der Waals surface area contributed by atoms with Crippen LogP contribution in [0.5, 0.6) is 0 Å². The first-order valence-electron chi connectivity index (χ1n) is 9.25. The highest BCUT2D eigenvalue weighted by Crippen LogP contribution is 2.37. The van der Waals surface area contributed by atoms with Crippen LogP contribution < -0.4 is 5.73 Å². The van der Waals surface area contributed by atoms with E-state index in [4.69, 9.17) is 0 Å². The number of carbonyl (C=O) groups is 1. The van der Waals surface area contributed by atoms with Gasteiger partial charge in [-0.05, 0) is 11.1 Å². The maximum absolute atomic E-state index is 9.22. The molecule has 0 aromatic heterocycles. The van der Waals surface area contributed by atoms with Crippen molar-refractivity contribution in [1.29, 1.82) is 0 Å². The zero-order valence-corrected chi connectivity index (χ0v) is 18.3. The van der Waals surface area contributed by atoms with Crippen molar-refractivity contribution < 1.29 is 4.79 Å². The first-order chi connectivity index (χ1) is 9.99. The highest BCUT2D eigenvalue weighted by Gasteiger charge is 2.30. The zero-order chi connectivity index (χ0) is 17.4. The molecular weight excluding hydrogens is 302 g/mol. The van der Waals surface area contributed by atoms with E-state index in [0.29, 0.717) is 0 Å². The van der Waals surface area contributed by atoms with Crippen molar-refractivity contribution in [2.75, 3.05) is 0 Å². The molecule has 2 fully saturated rings. The summed E-state index contributed by atoms with van der Waals surface area (Å²) >= 11 is 0. The summed E-state index contributed by atoms with van der Waals surface area (Å²) in [6, 6.07) is 3.16. The molecular formula is C18H41NOSi2. The number of primary amides is 1. The van der Waals surface area contributed by atoms with Crippen molar-refractivity contribution in [2.24, 2.45) is 5.73 Å². The Morgan fingerprint density at radius 1 is 0.818 bits per heavy atom. The van der Waals surface area contributed by atoms with Gasteiger partial charge in [-0.2, -0.15) is 0 Å². The normalized spacial score (nSPS) is 29.2. The Morgan fingerprint density at radius 2 is 1.09 bits per heavy atom. The lowest BCUT2D eigenvalue weighted by atomic mass is 10.2. The van der Waals surface area contributed by atoms with Gasteiger partial charge >= 0.3 is 0 Å². The molecule has 2 aliphatic heterocycles. The molecule has 2 N–H and O–H groups in total. The van der Waals surface area contributed by atoms with E-state index >= 15 is 0 Å². The molecule has 2 saturated heterocycles. The van der Waals surface area contributed by atoms with E-state index in [0.717, 1.165) is 11.1 Å². The summed E-state index contributed by atoms with van der Waals surface area (Å²) in [5.41, 5.74) is 6.65. The minimum absolute atomic E-state index is 0.333. The summed E-state index contributed by atoms with van der Waals surface area (Å²) in [6.07, 6.45) is 9.06. The zero-order valence-electron chi connectivity index (χ0n) is 16.3. The lowest BCUT2D eigenvalue weighted by Gasteiger charge is -2.34. The number of amides is 1. The summed E-state index contributed by atoms with van der Waals surface area (Å²) in [5.74, 6) is -0.333. The molecule has 0 radical (unpaired) electrons. The Morgan fingerprint density at radius 3 is 1.23 bits per heavy atom. The minimum atomic E-state index is -0.694. The number of rotatable bonds is 0. The quantitative estimate of drug-likeness (QED) is 0.536. The van der Waals surface area contributed by atoms with E-state index in [9.17, 15) is 4.79 Å². The third-order valence-corrected chi connectivity index (χ3v) is 15.3. The van der Waals surface area contributed by atoms with Crippen molar-refractivity contribution in [3.05, 3.63) is 0 Å². The first-order valence-corrected chi connectivity index (χ1v) is 15.8. The fourth-order valence-electron chi connectivity index (χ4n) is 3.34. The van der Waals surface area contributed by atoms with Gasteiger partial charge in [0.1, 0.15) is 0 Å². The minimum Gasteiger partial charge on any atom is -0.370 e. The third kappa shape index (κ3) is 9.13. The Kier molecular flexibility index (Phi) is 9.87. The fourth-order valence-corrected chi connectivity index (χ4v) is 8.62. The van der Waals surface area contributed by atoms with E-state index in [1.54, 1.807) is 12.1 Å². The van der Waals surface area contributed by atoms with Crippen LogP contribution in [0.15, 0.2) is 0 Å². The average molecular weight is 344 g/mol. The Hall–Kier alpha value is -0.0962. The van der Waals surface area contributed by atoms with Gasteiger partial charge in [0.05, 0.1) is 16.1 Å². The number of carbonyl (C=O) groups excluding carboxylic acids is 1. The van der Waals surface area contributed by atoms with Crippen molar-refractivity contribution in [2.45, 2.75) is 109 Å². The molecule has 0 aromatic carbocycles. The predicted octanol–water partition coefficient (Wildman–Crippen LogP) is 6.03. The van der Waals surface area contributed by atoms with Crippen molar-refractivity contribution in [3.63, 3.8) is 0 Å². The van der Waals surface area contributed by atoms with Crippen molar-refractivity contribution in [3.8, 4) is 0 Å². The summed E-state index contributed by atoms with van der Waals surface area (Å²) < 4.78 is 0. The monoisotopic (exact) mass is 343 g/mol. The number of hydrogen-bond donors (Lipinski definition) is 1. The van der Waals surface area contributed by atoms with Crippen LogP contribution in [0.4, 0.5) is 0 Å². The molecule has 0 saturated carbocycles. The van der Waals surface area contributed by atoms with Crippen LogP contribution >= 0.6 is 0 Å².